The molecule has 1 aromatic carbocycles. The van der Waals surface area contributed by atoms with Crippen molar-refractivity contribution in [3.63, 3.8) is 0 Å². The molecule has 2 rings (SSSR count). The second-order valence-corrected chi connectivity index (χ2v) is 6.53. The number of benzene rings is 1. The Bertz CT molecular complexity index is 513. The van der Waals surface area contributed by atoms with Crippen LogP contribution in [0.1, 0.15) is 25.8 Å². The lowest BCUT2D eigenvalue weighted by molar-refractivity contribution is -0.135. The van der Waals surface area contributed by atoms with Crippen LogP contribution in [0.2, 0.25) is 0 Å². The largest absolute Gasteiger partial charge is 0.496 e. The molecule has 0 aliphatic carbocycles. The van der Waals surface area contributed by atoms with E-state index in [-0.39, 0.29) is 11.8 Å². The highest BCUT2D eigenvalue weighted by Crippen LogP contribution is 2.20. The number of nitrogens with zero attached hydrogens (tertiary/aromatic N) is 2. The number of hydrogen-bond acceptors (Lipinski definition) is 4. The van der Waals surface area contributed by atoms with Gasteiger partial charge in [0.15, 0.2) is 0 Å². The molecule has 1 amide bonds. The monoisotopic (exact) mass is 334 g/mol. The molecule has 1 aromatic rings. The third-order valence-electron chi connectivity index (χ3n) is 4.37. The minimum absolute atomic E-state index is 0.00286. The highest BCUT2D eigenvalue weighted by Gasteiger charge is 2.19. The highest BCUT2D eigenvalue weighted by molar-refractivity contribution is 5.78. The van der Waals surface area contributed by atoms with Gasteiger partial charge in [0.05, 0.1) is 20.3 Å². The molecule has 0 atom stereocenters. The Labute approximate surface area is 145 Å². The zero-order valence-corrected chi connectivity index (χ0v) is 15.2. The SMILES string of the molecule is COc1ccccc1CN(CCCN1CCOCC1)C(=O)C(C)C. The number of methoxy groups -OCH3 is 1. The number of amides is 1. The van der Waals surface area contributed by atoms with Gasteiger partial charge in [-0.05, 0) is 12.5 Å². The third kappa shape index (κ3) is 5.49. The first-order chi connectivity index (χ1) is 11.6. The molecule has 5 nitrogen and oxygen atoms in total. The number of ether oxygens (including phenoxy) is 2. The Morgan fingerprint density at radius 3 is 2.67 bits per heavy atom. The number of carbonyl (C=O) groups excluding carboxylic acids is 1. The summed E-state index contributed by atoms with van der Waals surface area (Å²) in [7, 11) is 1.67. The van der Waals surface area contributed by atoms with Gasteiger partial charge in [-0.3, -0.25) is 9.69 Å². The fraction of sp³-hybridized carbons (Fsp3) is 0.632. The molecule has 0 aromatic heterocycles. The summed E-state index contributed by atoms with van der Waals surface area (Å²) in [6.45, 7) is 9.91. The second kappa shape index (κ2) is 9.64. The van der Waals surface area contributed by atoms with Crippen LogP contribution < -0.4 is 4.74 Å². The predicted octanol–water partition coefficient (Wildman–Crippen LogP) is 2.40. The van der Waals surface area contributed by atoms with Crippen molar-refractivity contribution in [3.05, 3.63) is 29.8 Å². The van der Waals surface area contributed by atoms with Gasteiger partial charge in [-0.2, -0.15) is 0 Å². The van der Waals surface area contributed by atoms with Crippen LogP contribution in [0.3, 0.4) is 0 Å². The van der Waals surface area contributed by atoms with Crippen molar-refractivity contribution in [2.45, 2.75) is 26.8 Å². The first-order valence-corrected chi connectivity index (χ1v) is 8.82. The van der Waals surface area contributed by atoms with Crippen molar-refractivity contribution >= 4 is 5.91 Å². The standard InChI is InChI=1S/C19H30N2O3/c1-16(2)19(22)21(10-6-9-20-11-13-24-14-12-20)15-17-7-4-5-8-18(17)23-3/h4-5,7-8,16H,6,9-15H2,1-3H3. The van der Waals surface area contributed by atoms with Crippen molar-refractivity contribution in [2.24, 2.45) is 5.92 Å². The lowest BCUT2D eigenvalue weighted by atomic mass is 10.1. The lowest BCUT2D eigenvalue weighted by Gasteiger charge is -2.29. The van der Waals surface area contributed by atoms with Crippen molar-refractivity contribution in [2.75, 3.05) is 46.5 Å². The van der Waals surface area contributed by atoms with Crippen LogP contribution >= 0.6 is 0 Å². The minimum atomic E-state index is 0.00286. The molecule has 0 bridgehead atoms. The molecule has 1 saturated heterocycles. The second-order valence-electron chi connectivity index (χ2n) is 6.53. The predicted molar refractivity (Wildman–Crippen MR) is 95.1 cm³/mol. The van der Waals surface area contributed by atoms with E-state index in [1.165, 1.54) is 0 Å². The molecule has 0 saturated carbocycles. The van der Waals surface area contributed by atoms with Crippen LogP contribution in [0.15, 0.2) is 24.3 Å². The maximum absolute atomic E-state index is 12.6. The fourth-order valence-corrected chi connectivity index (χ4v) is 2.98. The molecular formula is C19H30N2O3. The zero-order chi connectivity index (χ0) is 17.4. The van der Waals surface area contributed by atoms with Crippen molar-refractivity contribution in [1.29, 1.82) is 0 Å². The summed E-state index contributed by atoms with van der Waals surface area (Å²) >= 11 is 0. The van der Waals surface area contributed by atoms with Gasteiger partial charge in [-0.15, -0.1) is 0 Å². The Morgan fingerprint density at radius 2 is 2.00 bits per heavy atom. The van der Waals surface area contributed by atoms with Crippen LogP contribution in [0.25, 0.3) is 0 Å². The van der Waals surface area contributed by atoms with Crippen molar-refractivity contribution in [1.82, 2.24) is 9.80 Å². The molecule has 24 heavy (non-hydrogen) atoms. The molecule has 0 spiro atoms. The van der Waals surface area contributed by atoms with Crippen LogP contribution in [-0.2, 0) is 16.1 Å². The van der Waals surface area contributed by atoms with Gasteiger partial charge >= 0.3 is 0 Å². The summed E-state index contributed by atoms with van der Waals surface area (Å²) in [6.07, 6.45) is 0.980. The summed E-state index contributed by atoms with van der Waals surface area (Å²) in [5.74, 6) is 1.04. The highest BCUT2D eigenvalue weighted by atomic mass is 16.5. The van der Waals surface area contributed by atoms with Gasteiger partial charge in [0.1, 0.15) is 5.75 Å². The van der Waals surface area contributed by atoms with Crippen LogP contribution in [0.5, 0.6) is 5.75 Å². The lowest BCUT2D eigenvalue weighted by Crippen LogP contribution is -2.39. The summed E-state index contributed by atoms with van der Waals surface area (Å²) in [4.78, 5) is 16.9. The molecule has 0 radical (unpaired) electrons. The van der Waals surface area contributed by atoms with Gasteiger partial charge < -0.3 is 14.4 Å². The van der Waals surface area contributed by atoms with Crippen LogP contribution in [-0.4, -0.2) is 62.2 Å². The van der Waals surface area contributed by atoms with Gasteiger partial charge in [-0.1, -0.05) is 32.0 Å². The summed E-state index contributed by atoms with van der Waals surface area (Å²) < 4.78 is 10.8. The van der Waals surface area contributed by atoms with E-state index in [0.717, 1.165) is 57.1 Å². The fourth-order valence-electron chi connectivity index (χ4n) is 2.98. The number of morpholine rings is 1. The van der Waals surface area contributed by atoms with E-state index in [4.69, 9.17) is 9.47 Å². The van der Waals surface area contributed by atoms with E-state index < -0.39 is 0 Å². The first-order valence-electron chi connectivity index (χ1n) is 8.82. The van der Waals surface area contributed by atoms with E-state index in [9.17, 15) is 4.79 Å². The smallest absolute Gasteiger partial charge is 0.225 e. The number of hydrogen-bond donors (Lipinski definition) is 0. The summed E-state index contributed by atoms with van der Waals surface area (Å²) in [5, 5.41) is 0. The molecule has 0 N–H and O–H groups in total. The van der Waals surface area contributed by atoms with E-state index in [1.807, 2.05) is 43.0 Å². The Balaban J connectivity index is 1.95. The molecule has 1 aliphatic rings. The van der Waals surface area contributed by atoms with Gasteiger partial charge in [0.25, 0.3) is 0 Å². The number of para-hydroxylation sites is 1. The number of carbonyl (C=O) groups is 1. The van der Waals surface area contributed by atoms with E-state index in [2.05, 4.69) is 4.90 Å². The van der Waals surface area contributed by atoms with E-state index in [1.54, 1.807) is 7.11 Å². The van der Waals surface area contributed by atoms with Crippen molar-refractivity contribution < 1.29 is 14.3 Å². The Kier molecular flexibility index (Phi) is 7.53. The molecule has 0 unspecified atom stereocenters. The van der Waals surface area contributed by atoms with Gasteiger partial charge in [-0.25, -0.2) is 0 Å². The van der Waals surface area contributed by atoms with Crippen molar-refractivity contribution in [3.8, 4) is 5.75 Å². The van der Waals surface area contributed by atoms with E-state index >= 15 is 0 Å². The first kappa shape index (κ1) is 18.7. The van der Waals surface area contributed by atoms with Crippen LogP contribution in [0, 0.1) is 5.92 Å². The average Bonchev–Trinajstić information content (AvgIpc) is 2.61. The van der Waals surface area contributed by atoms with Gasteiger partial charge in [0.2, 0.25) is 5.91 Å². The van der Waals surface area contributed by atoms with Gasteiger partial charge in [0, 0.05) is 44.2 Å². The molecule has 134 valence electrons. The third-order valence-corrected chi connectivity index (χ3v) is 4.37. The Morgan fingerprint density at radius 1 is 1.29 bits per heavy atom. The topological polar surface area (TPSA) is 42.0 Å². The quantitative estimate of drug-likeness (QED) is 0.732. The van der Waals surface area contributed by atoms with E-state index in [0.29, 0.717) is 6.54 Å². The average molecular weight is 334 g/mol. The molecule has 1 heterocycles. The summed E-state index contributed by atoms with van der Waals surface area (Å²) in [6, 6.07) is 7.92. The molecule has 1 fully saturated rings. The normalized spacial score (nSPS) is 15.5. The minimum Gasteiger partial charge on any atom is -0.496 e. The Hall–Kier alpha value is -1.59. The van der Waals surface area contributed by atoms with Crippen LogP contribution in [0.4, 0.5) is 0 Å². The number of rotatable bonds is 8. The molecule has 1 aliphatic heterocycles. The maximum atomic E-state index is 12.6. The molecular weight excluding hydrogens is 304 g/mol. The summed E-state index contributed by atoms with van der Waals surface area (Å²) in [5.41, 5.74) is 1.06. The maximum Gasteiger partial charge on any atom is 0.225 e. The molecule has 5 heteroatoms. The zero-order valence-electron chi connectivity index (χ0n) is 15.2.